The molecule has 2 aliphatic rings. The highest BCUT2D eigenvalue weighted by Gasteiger charge is 2.43. The average molecular weight is 477 g/mol. The van der Waals surface area contributed by atoms with Crippen molar-refractivity contribution >= 4 is 5.57 Å². The summed E-state index contributed by atoms with van der Waals surface area (Å²) < 4.78 is 59.1. The molecule has 7 heteroatoms. The number of alkyl halides is 4. The SMILES string of the molecule is Cc1ccc(OCCNCCCF)cc1[C@@H]1C2=C(C[C@@H](C)N1CC(F)(F)F)c1ccccc1C2. The third-order valence-electron chi connectivity index (χ3n) is 6.78. The molecule has 0 bridgehead atoms. The van der Waals surface area contributed by atoms with Gasteiger partial charge in [-0.05, 0) is 85.2 Å². The van der Waals surface area contributed by atoms with Crippen molar-refractivity contribution in [1.82, 2.24) is 10.2 Å². The number of hydrogen-bond acceptors (Lipinski definition) is 3. The standard InChI is InChI=1S/C27H32F4N2O/c1-18-8-9-21(34-13-12-32-11-5-10-28)16-23(18)26-25-15-20-6-3-4-7-22(20)24(25)14-19(2)33(26)17-27(29,30)31/h3-4,6-9,16,19,26,32H,5,10-15,17H2,1-2H3/t19-,26-/m1/s1. The number of fused-ring (bicyclic) bond motifs is 2. The fourth-order valence-corrected chi connectivity index (χ4v) is 5.21. The summed E-state index contributed by atoms with van der Waals surface area (Å²) in [7, 11) is 0. The third-order valence-corrected chi connectivity index (χ3v) is 6.78. The molecule has 0 amide bonds. The number of aryl methyl sites for hydroxylation is 1. The van der Waals surface area contributed by atoms with E-state index in [-0.39, 0.29) is 12.7 Å². The monoisotopic (exact) mass is 476 g/mol. The van der Waals surface area contributed by atoms with Crippen molar-refractivity contribution in [3.63, 3.8) is 0 Å². The Morgan fingerprint density at radius 2 is 1.91 bits per heavy atom. The van der Waals surface area contributed by atoms with Gasteiger partial charge in [-0.25, -0.2) is 0 Å². The van der Waals surface area contributed by atoms with Crippen LogP contribution in [0.15, 0.2) is 48.0 Å². The lowest BCUT2D eigenvalue weighted by Gasteiger charge is -2.43. The second-order valence-corrected chi connectivity index (χ2v) is 9.24. The molecule has 3 nitrogen and oxygen atoms in total. The summed E-state index contributed by atoms with van der Waals surface area (Å²) >= 11 is 0. The lowest BCUT2D eigenvalue weighted by atomic mass is 9.83. The van der Waals surface area contributed by atoms with Crippen LogP contribution < -0.4 is 10.1 Å². The van der Waals surface area contributed by atoms with Crippen LogP contribution in [0, 0.1) is 6.92 Å². The average Bonchev–Trinajstić information content (AvgIpc) is 3.15. The number of rotatable bonds is 9. The first-order valence-electron chi connectivity index (χ1n) is 11.9. The zero-order valence-corrected chi connectivity index (χ0v) is 19.7. The maximum atomic E-state index is 13.7. The highest BCUT2D eigenvalue weighted by molar-refractivity contribution is 5.79. The second kappa shape index (κ2) is 10.5. The summed E-state index contributed by atoms with van der Waals surface area (Å²) in [5, 5.41) is 3.12. The van der Waals surface area contributed by atoms with Gasteiger partial charge in [0, 0.05) is 12.6 Å². The van der Waals surface area contributed by atoms with Crippen molar-refractivity contribution in [3.05, 3.63) is 70.3 Å². The van der Waals surface area contributed by atoms with E-state index < -0.39 is 18.8 Å². The fraction of sp³-hybridized carbons (Fsp3) is 0.481. The highest BCUT2D eigenvalue weighted by Crippen LogP contribution is 2.50. The normalized spacial score (nSPS) is 20.4. The number of hydrogen-bond donors (Lipinski definition) is 1. The van der Waals surface area contributed by atoms with Crippen LogP contribution in [-0.2, 0) is 6.42 Å². The van der Waals surface area contributed by atoms with E-state index >= 15 is 0 Å². The van der Waals surface area contributed by atoms with Crippen LogP contribution in [0.2, 0.25) is 0 Å². The number of nitrogens with zero attached hydrogens (tertiary/aromatic N) is 1. The number of ether oxygens (including phenoxy) is 1. The van der Waals surface area contributed by atoms with E-state index in [0.29, 0.717) is 44.7 Å². The van der Waals surface area contributed by atoms with Gasteiger partial charge in [0.1, 0.15) is 12.4 Å². The van der Waals surface area contributed by atoms with E-state index in [4.69, 9.17) is 4.74 Å². The summed E-state index contributed by atoms with van der Waals surface area (Å²) in [6.45, 7) is 4.10. The molecule has 0 aromatic heterocycles. The Bertz CT molecular complexity index is 1030. The minimum atomic E-state index is -4.29. The second-order valence-electron chi connectivity index (χ2n) is 9.24. The molecule has 0 fully saturated rings. The van der Waals surface area contributed by atoms with Gasteiger partial charge in [-0.2, -0.15) is 13.2 Å². The first-order valence-corrected chi connectivity index (χ1v) is 11.9. The summed E-state index contributed by atoms with van der Waals surface area (Å²) in [4.78, 5) is 1.61. The lowest BCUT2D eigenvalue weighted by Crippen LogP contribution is -2.46. The largest absolute Gasteiger partial charge is 0.492 e. The molecule has 34 heavy (non-hydrogen) atoms. The summed E-state index contributed by atoms with van der Waals surface area (Å²) in [6.07, 6.45) is -2.55. The van der Waals surface area contributed by atoms with Gasteiger partial charge in [-0.15, -0.1) is 0 Å². The van der Waals surface area contributed by atoms with Crippen LogP contribution in [0.5, 0.6) is 5.75 Å². The van der Waals surface area contributed by atoms with Crippen LogP contribution in [0.1, 0.15) is 48.1 Å². The molecule has 184 valence electrons. The summed E-state index contributed by atoms with van der Waals surface area (Å²) in [6, 6.07) is 13.1. The van der Waals surface area contributed by atoms with Crippen molar-refractivity contribution in [2.24, 2.45) is 0 Å². The minimum absolute atomic E-state index is 0.250. The van der Waals surface area contributed by atoms with Gasteiger partial charge < -0.3 is 10.1 Å². The van der Waals surface area contributed by atoms with Gasteiger partial charge in [-0.1, -0.05) is 30.3 Å². The molecule has 1 aliphatic carbocycles. The maximum absolute atomic E-state index is 13.7. The molecule has 2 aromatic carbocycles. The Balaban J connectivity index is 1.65. The van der Waals surface area contributed by atoms with E-state index in [1.807, 2.05) is 44.2 Å². The van der Waals surface area contributed by atoms with E-state index in [1.54, 1.807) is 4.90 Å². The topological polar surface area (TPSA) is 24.5 Å². The smallest absolute Gasteiger partial charge is 0.401 e. The van der Waals surface area contributed by atoms with Crippen molar-refractivity contribution in [1.29, 1.82) is 0 Å². The number of nitrogens with one attached hydrogen (secondary N) is 1. The van der Waals surface area contributed by atoms with Gasteiger partial charge >= 0.3 is 6.18 Å². The predicted octanol–water partition coefficient (Wildman–Crippen LogP) is 6.03. The zero-order valence-electron chi connectivity index (χ0n) is 19.7. The Hall–Kier alpha value is -2.38. The predicted molar refractivity (Wildman–Crippen MR) is 127 cm³/mol. The molecule has 1 heterocycles. The molecule has 1 aliphatic heterocycles. The zero-order chi connectivity index (χ0) is 24.3. The number of halogens is 4. The molecule has 0 spiro atoms. The number of benzene rings is 2. The van der Waals surface area contributed by atoms with Crippen LogP contribution >= 0.6 is 0 Å². The van der Waals surface area contributed by atoms with Crippen LogP contribution in [0.3, 0.4) is 0 Å². The lowest BCUT2D eigenvalue weighted by molar-refractivity contribution is -0.155. The van der Waals surface area contributed by atoms with Gasteiger partial charge in [0.05, 0.1) is 19.3 Å². The molecule has 4 rings (SSSR count). The van der Waals surface area contributed by atoms with Crippen molar-refractivity contribution < 1.29 is 22.3 Å². The Labute approximate surface area is 198 Å². The van der Waals surface area contributed by atoms with Crippen molar-refractivity contribution in [2.45, 2.75) is 51.4 Å². The fourth-order valence-electron chi connectivity index (χ4n) is 5.21. The van der Waals surface area contributed by atoms with Gasteiger partial charge in [0.15, 0.2) is 0 Å². The molecular formula is C27H32F4N2O. The molecule has 2 atom stereocenters. The summed E-state index contributed by atoms with van der Waals surface area (Å²) in [5.41, 5.74) is 6.42. The van der Waals surface area contributed by atoms with Crippen LogP contribution in [0.4, 0.5) is 17.6 Å². The van der Waals surface area contributed by atoms with E-state index in [1.165, 1.54) is 16.7 Å². The quantitative estimate of drug-likeness (QED) is 0.353. The Morgan fingerprint density at radius 1 is 1.12 bits per heavy atom. The highest BCUT2D eigenvalue weighted by atomic mass is 19.4. The first-order chi connectivity index (χ1) is 16.3. The van der Waals surface area contributed by atoms with E-state index in [0.717, 1.165) is 16.7 Å². The maximum Gasteiger partial charge on any atom is 0.401 e. The van der Waals surface area contributed by atoms with Gasteiger partial charge in [0.2, 0.25) is 0 Å². The molecular weight excluding hydrogens is 444 g/mol. The van der Waals surface area contributed by atoms with Gasteiger partial charge in [-0.3, -0.25) is 9.29 Å². The van der Waals surface area contributed by atoms with Crippen LogP contribution in [0.25, 0.3) is 5.57 Å². The molecule has 0 unspecified atom stereocenters. The molecule has 2 aromatic rings. The van der Waals surface area contributed by atoms with Crippen molar-refractivity contribution in [2.75, 3.05) is 32.9 Å². The third kappa shape index (κ3) is 5.47. The van der Waals surface area contributed by atoms with Crippen molar-refractivity contribution in [3.8, 4) is 5.75 Å². The minimum Gasteiger partial charge on any atom is -0.492 e. The Morgan fingerprint density at radius 3 is 2.68 bits per heavy atom. The summed E-state index contributed by atoms with van der Waals surface area (Å²) in [5.74, 6) is 0.635. The molecule has 0 saturated carbocycles. The van der Waals surface area contributed by atoms with Gasteiger partial charge in [0.25, 0.3) is 0 Å². The molecule has 1 N–H and O–H groups in total. The van der Waals surface area contributed by atoms with Crippen LogP contribution in [-0.4, -0.2) is 50.0 Å². The first kappa shape index (κ1) is 24.7. The van der Waals surface area contributed by atoms with E-state index in [2.05, 4.69) is 17.4 Å². The molecule has 0 saturated heterocycles. The van der Waals surface area contributed by atoms with E-state index in [9.17, 15) is 17.6 Å². The Kier molecular flexibility index (Phi) is 7.63. The molecule has 0 radical (unpaired) electrons.